The molecule has 0 aliphatic heterocycles. The highest BCUT2D eigenvalue weighted by molar-refractivity contribution is 5.96. The first-order chi connectivity index (χ1) is 9.40. The summed E-state index contributed by atoms with van der Waals surface area (Å²) in [6, 6.07) is 4.64. The van der Waals surface area contributed by atoms with Crippen molar-refractivity contribution in [1.29, 1.82) is 0 Å². The van der Waals surface area contributed by atoms with Crippen LogP contribution in [0, 0.1) is 6.92 Å². The second-order valence-electron chi connectivity index (χ2n) is 4.46. The Morgan fingerprint density at radius 2 is 1.95 bits per heavy atom. The first-order valence-electron chi connectivity index (χ1n) is 6.28. The number of ketones is 1. The van der Waals surface area contributed by atoms with Gasteiger partial charge in [-0.1, -0.05) is 0 Å². The normalized spacial score (nSPS) is 9.90. The molecule has 1 aromatic rings. The van der Waals surface area contributed by atoms with Crippen molar-refractivity contribution in [2.75, 3.05) is 11.9 Å². The third-order valence-electron chi connectivity index (χ3n) is 2.72. The Balaban J connectivity index is 2.48. The fourth-order valence-corrected chi connectivity index (χ4v) is 1.75. The zero-order chi connectivity index (χ0) is 15.1. The lowest BCUT2D eigenvalue weighted by Gasteiger charge is -2.09. The molecule has 0 aliphatic rings. The molecule has 0 saturated heterocycles. The number of Topliss-reactive ketones (excluding diaryl/α,β-unsaturated/α-hetero) is 1. The highest BCUT2D eigenvalue weighted by atomic mass is 16.4. The summed E-state index contributed by atoms with van der Waals surface area (Å²) in [6.07, 6.45) is 0.401. The molecule has 20 heavy (non-hydrogen) atoms. The van der Waals surface area contributed by atoms with Gasteiger partial charge in [0.15, 0.2) is 5.78 Å². The summed E-state index contributed by atoms with van der Waals surface area (Å²) >= 11 is 0. The quantitative estimate of drug-likeness (QED) is 0.549. The van der Waals surface area contributed by atoms with Crippen LogP contribution >= 0.6 is 0 Å². The van der Waals surface area contributed by atoms with Crippen LogP contribution in [-0.2, 0) is 4.79 Å². The highest BCUT2D eigenvalue weighted by Crippen LogP contribution is 2.15. The number of amides is 2. The average molecular weight is 278 g/mol. The van der Waals surface area contributed by atoms with E-state index in [0.29, 0.717) is 24.2 Å². The summed E-state index contributed by atoms with van der Waals surface area (Å²) in [6.45, 7) is 3.58. The van der Waals surface area contributed by atoms with Crippen LogP contribution in [0.25, 0.3) is 0 Å². The van der Waals surface area contributed by atoms with E-state index in [0.717, 1.165) is 5.56 Å². The molecule has 2 amide bonds. The second-order valence-corrected chi connectivity index (χ2v) is 4.46. The number of urea groups is 1. The Kier molecular flexibility index (Phi) is 5.71. The van der Waals surface area contributed by atoms with Gasteiger partial charge in [-0.05, 0) is 44.0 Å². The zero-order valence-corrected chi connectivity index (χ0v) is 11.5. The number of rotatable bonds is 6. The maximum atomic E-state index is 11.6. The monoisotopic (exact) mass is 278 g/mol. The molecule has 0 saturated carbocycles. The lowest BCUT2D eigenvalue weighted by atomic mass is 10.1. The van der Waals surface area contributed by atoms with Crippen molar-refractivity contribution >= 4 is 23.5 Å². The van der Waals surface area contributed by atoms with Crippen molar-refractivity contribution < 1.29 is 19.5 Å². The maximum absolute atomic E-state index is 11.6. The Labute approximate surface area is 117 Å². The molecule has 0 fully saturated rings. The van der Waals surface area contributed by atoms with Crippen LogP contribution in [0.2, 0.25) is 0 Å². The van der Waals surface area contributed by atoms with Crippen LogP contribution in [0.15, 0.2) is 18.2 Å². The minimum atomic E-state index is -0.886. The number of benzene rings is 1. The number of aliphatic carboxylic acids is 1. The van der Waals surface area contributed by atoms with Gasteiger partial charge in [-0.25, -0.2) is 4.79 Å². The van der Waals surface area contributed by atoms with Crippen LogP contribution in [-0.4, -0.2) is 29.4 Å². The Morgan fingerprint density at radius 1 is 1.25 bits per heavy atom. The van der Waals surface area contributed by atoms with Crippen molar-refractivity contribution in [3.63, 3.8) is 0 Å². The van der Waals surface area contributed by atoms with Gasteiger partial charge in [0.1, 0.15) is 0 Å². The van der Waals surface area contributed by atoms with Gasteiger partial charge in [0.2, 0.25) is 0 Å². The molecule has 1 rings (SSSR count). The molecule has 0 aliphatic carbocycles. The van der Waals surface area contributed by atoms with Gasteiger partial charge in [0.25, 0.3) is 0 Å². The Hall–Kier alpha value is -2.37. The lowest BCUT2D eigenvalue weighted by Crippen LogP contribution is -2.29. The number of anilines is 1. The minimum Gasteiger partial charge on any atom is -0.481 e. The van der Waals surface area contributed by atoms with E-state index in [1.807, 2.05) is 0 Å². The summed E-state index contributed by atoms with van der Waals surface area (Å²) in [5.74, 6) is -0.908. The van der Waals surface area contributed by atoms with E-state index in [9.17, 15) is 14.4 Å². The number of carbonyl (C=O) groups excluding carboxylic acids is 2. The average Bonchev–Trinajstić information content (AvgIpc) is 2.34. The number of nitrogens with one attached hydrogen (secondary N) is 2. The van der Waals surface area contributed by atoms with Gasteiger partial charge in [-0.3, -0.25) is 9.59 Å². The van der Waals surface area contributed by atoms with Crippen molar-refractivity contribution in [2.45, 2.75) is 26.7 Å². The van der Waals surface area contributed by atoms with Crippen LogP contribution in [0.1, 0.15) is 35.7 Å². The van der Waals surface area contributed by atoms with Crippen molar-refractivity contribution in [1.82, 2.24) is 5.32 Å². The molecule has 108 valence electrons. The first kappa shape index (κ1) is 15.7. The van der Waals surface area contributed by atoms with E-state index in [2.05, 4.69) is 10.6 Å². The predicted molar refractivity (Wildman–Crippen MR) is 75.1 cm³/mol. The molecule has 0 heterocycles. The third kappa shape index (κ3) is 5.09. The molecule has 0 spiro atoms. The summed E-state index contributed by atoms with van der Waals surface area (Å²) < 4.78 is 0. The van der Waals surface area contributed by atoms with Gasteiger partial charge in [-0.15, -0.1) is 0 Å². The lowest BCUT2D eigenvalue weighted by molar-refractivity contribution is -0.137. The number of hydrogen-bond acceptors (Lipinski definition) is 3. The van der Waals surface area contributed by atoms with Gasteiger partial charge in [0.05, 0.1) is 0 Å². The molecule has 6 heteroatoms. The number of hydrogen-bond donors (Lipinski definition) is 3. The molecule has 0 unspecified atom stereocenters. The second kappa shape index (κ2) is 7.28. The van der Waals surface area contributed by atoms with Crippen molar-refractivity contribution in [2.24, 2.45) is 0 Å². The van der Waals surface area contributed by atoms with E-state index in [1.165, 1.54) is 6.92 Å². The zero-order valence-electron chi connectivity index (χ0n) is 11.5. The molecule has 1 aromatic carbocycles. The van der Waals surface area contributed by atoms with E-state index in [1.54, 1.807) is 25.1 Å². The third-order valence-corrected chi connectivity index (χ3v) is 2.72. The van der Waals surface area contributed by atoms with E-state index in [4.69, 9.17) is 5.11 Å². The summed E-state index contributed by atoms with van der Waals surface area (Å²) in [4.78, 5) is 33.1. The first-order valence-corrected chi connectivity index (χ1v) is 6.28. The van der Waals surface area contributed by atoms with Gasteiger partial charge in [-0.2, -0.15) is 0 Å². The van der Waals surface area contributed by atoms with E-state index >= 15 is 0 Å². The van der Waals surface area contributed by atoms with Crippen LogP contribution < -0.4 is 10.6 Å². The van der Waals surface area contributed by atoms with Gasteiger partial charge < -0.3 is 15.7 Å². The SMILES string of the molecule is CC(=O)c1ccc(NC(=O)NCCCC(=O)O)cc1C. The molecule has 0 aromatic heterocycles. The van der Waals surface area contributed by atoms with Crippen molar-refractivity contribution in [3.8, 4) is 0 Å². The van der Waals surface area contributed by atoms with Crippen LogP contribution in [0.5, 0.6) is 0 Å². The molecule has 0 bridgehead atoms. The maximum Gasteiger partial charge on any atom is 0.319 e. The number of carbonyl (C=O) groups is 3. The molecule has 0 radical (unpaired) electrons. The minimum absolute atomic E-state index is 0.0205. The smallest absolute Gasteiger partial charge is 0.319 e. The fraction of sp³-hybridized carbons (Fsp3) is 0.357. The number of carboxylic acid groups (broad SMARTS) is 1. The highest BCUT2D eigenvalue weighted by Gasteiger charge is 2.06. The number of aryl methyl sites for hydroxylation is 1. The fourth-order valence-electron chi connectivity index (χ4n) is 1.75. The van der Waals surface area contributed by atoms with Gasteiger partial charge in [0, 0.05) is 24.2 Å². The molecular weight excluding hydrogens is 260 g/mol. The Morgan fingerprint density at radius 3 is 2.50 bits per heavy atom. The molecular formula is C14H18N2O4. The van der Waals surface area contributed by atoms with Crippen LogP contribution in [0.4, 0.5) is 10.5 Å². The standard InChI is InChI=1S/C14H18N2O4/c1-9-8-11(5-6-12(9)10(2)17)16-14(20)15-7-3-4-13(18)19/h5-6,8H,3-4,7H2,1-2H3,(H,18,19)(H2,15,16,20). The summed E-state index contributed by atoms with van der Waals surface area (Å²) in [5.41, 5.74) is 2.00. The number of carboxylic acids is 1. The van der Waals surface area contributed by atoms with E-state index in [-0.39, 0.29) is 12.2 Å². The molecule has 6 nitrogen and oxygen atoms in total. The predicted octanol–water partition coefficient (Wildman–Crippen LogP) is 2.18. The topological polar surface area (TPSA) is 95.5 Å². The molecule has 0 atom stereocenters. The Bertz CT molecular complexity index is 526. The van der Waals surface area contributed by atoms with Crippen molar-refractivity contribution in [3.05, 3.63) is 29.3 Å². The molecule has 3 N–H and O–H groups in total. The summed E-state index contributed by atoms with van der Waals surface area (Å²) in [7, 11) is 0. The van der Waals surface area contributed by atoms with Gasteiger partial charge >= 0.3 is 12.0 Å². The summed E-state index contributed by atoms with van der Waals surface area (Å²) in [5, 5.41) is 13.7. The van der Waals surface area contributed by atoms with E-state index < -0.39 is 12.0 Å². The van der Waals surface area contributed by atoms with Crippen LogP contribution in [0.3, 0.4) is 0 Å². The largest absolute Gasteiger partial charge is 0.481 e.